The van der Waals surface area contributed by atoms with Gasteiger partial charge in [-0.2, -0.15) is 0 Å². The summed E-state index contributed by atoms with van der Waals surface area (Å²) in [5.41, 5.74) is 3.10. The quantitative estimate of drug-likeness (QED) is 0.650. The predicted molar refractivity (Wildman–Crippen MR) is 79.4 cm³/mol. The van der Waals surface area contributed by atoms with Crippen LogP contribution in [0.3, 0.4) is 0 Å². The zero-order valence-electron chi connectivity index (χ0n) is 10.8. The molecule has 0 amide bonds. The van der Waals surface area contributed by atoms with Crippen molar-refractivity contribution in [3.8, 4) is 0 Å². The molecule has 1 aromatic carbocycles. The Kier molecular flexibility index (Phi) is 4.65. The van der Waals surface area contributed by atoms with Gasteiger partial charge in [-0.05, 0) is 12.5 Å². The highest BCUT2D eigenvalue weighted by Crippen LogP contribution is 2.09. The number of hydrogen-bond acceptors (Lipinski definition) is 3. The third kappa shape index (κ3) is 3.39. The minimum absolute atomic E-state index is 0.0523. The van der Waals surface area contributed by atoms with E-state index in [2.05, 4.69) is 22.2 Å². The first-order valence-electron chi connectivity index (χ1n) is 6.16. The van der Waals surface area contributed by atoms with Gasteiger partial charge in [-0.25, -0.2) is 0 Å². The van der Waals surface area contributed by atoms with E-state index in [-0.39, 0.29) is 6.61 Å². The van der Waals surface area contributed by atoms with Crippen molar-refractivity contribution in [2.45, 2.75) is 13.5 Å². The lowest BCUT2D eigenvalue weighted by molar-refractivity contribution is 0.307. The van der Waals surface area contributed by atoms with Crippen LogP contribution in [-0.4, -0.2) is 34.3 Å². The normalized spacial score (nSPS) is 11.3. The van der Waals surface area contributed by atoms with E-state index in [9.17, 15) is 0 Å². The largest absolute Gasteiger partial charge is 0.394 e. The Hall–Kier alpha value is -1.72. The van der Waals surface area contributed by atoms with E-state index in [1.54, 1.807) is 6.21 Å². The Morgan fingerprint density at radius 1 is 1.37 bits per heavy atom. The lowest BCUT2D eigenvalue weighted by Gasteiger charge is -2.02. The monoisotopic (exact) mass is 275 g/mol. The van der Waals surface area contributed by atoms with E-state index in [1.807, 2.05) is 29.8 Å². The van der Waals surface area contributed by atoms with Crippen LogP contribution < -0.4 is 0 Å². The van der Waals surface area contributed by atoms with Gasteiger partial charge in [-0.3, -0.25) is 9.67 Å². The number of aliphatic hydroxyl groups excluding tert-OH is 1. The Labute approximate surface area is 117 Å². The molecule has 0 aliphatic rings. The van der Waals surface area contributed by atoms with Crippen molar-refractivity contribution in [3.63, 3.8) is 0 Å². The number of aromatic nitrogens is 2. The molecule has 0 aliphatic carbocycles. The molecule has 100 valence electrons. The van der Waals surface area contributed by atoms with E-state index in [0.29, 0.717) is 13.1 Å². The second-order valence-corrected chi connectivity index (χ2v) is 4.67. The molecule has 1 aromatic heterocycles. The summed E-state index contributed by atoms with van der Waals surface area (Å²) in [6.07, 6.45) is 1.73. The van der Waals surface area contributed by atoms with Crippen molar-refractivity contribution in [3.05, 3.63) is 51.8 Å². The van der Waals surface area contributed by atoms with E-state index in [0.717, 1.165) is 15.9 Å². The van der Waals surface area contributed by atoms with E-state index in [4.69, 9.17) is 17.3 Å². The van der Waals surface area contributed by atoms with Gasteiger partial charge in [-0.1, -0.05) is 42.5 Å². The van der Waals surface area contributed by atoms with Gasteiger partial charge in [0.1, 0.15) is 4.64 Å². The fourth-order valence-electron chi connectivity index (χ4n) is 1.86. The van der Waals surface area contributed by atoms with Gasteiger partial charge in [0, 0.05) is 17.5 Å². The molecular weight excluding hydrogens is 258 g/mol. The zero-order valence-corrected chi connectivity index (χ0v) is 11.7. The fraction of sp³-hybridized carbons (Fsp3) is 0.286. The molecule has 0 unspecified atom stereocenters. The minimum Gasteiger partial charge on any atom is -0.394 e. The molecule has 0 fully saturated rings. The zero-order chi connectivity index (χ0) is 13.7. The maximum absolute atomic E-state index is 8.73. The Morgan fingerprint density at radius 2 is 2.11 bits per heavy atom. The number of hydrogen-bond donors (Lipinski definition) is 2. The molecule has 0 bridgehead atoms. The molecule has 19 heavy (non-hydrogen) atoms. The second-order valence-electron chi connectivity index (χ2n) is 4.29. The summed E-state index contributed by atoms with van der Waals surface area (Å²) in [6, 6.07) is 10.2. The van der Waals surface area contributed by atoms with Crippen LogP contribution in [0.2, 0.25) is 0 Å². The van der Waals surface area contributed by atoms with Crippen molar-refractivity contribution in [2.75, 3.05) is 13.2 Å². The van der Waals surface area contributed by atoms with Gasteiger partial charge < -0.3 is 10.2 Å². The number of aliphatic hydroxyl groups is 1. The summed E-state index contributed by atoms with van der Waals surface area (Å²) < 4.78 is 2.67. The van der Waals surface area contributed by atoms with Crippen LogP contribution >= 0.6 is 12.2 Å². The first kappa shape index (κ1) is 13.7. The van der Waals surface area contributed by atoms with Crippen LogP contribution in [0.1, 0.15) is 16.8 Å². The van der Waals surface area contributed by atoms with Crippen molar-refractivity contribution in [1.29, 1.82) is 0 Å². The first-order chi connectivity index (χ1) is 9.22. The van der Waals surface area contributed by atoms with Crippen LogP contribution in [0, 0.1) is 11.6 Å². The number of aliphatic imine (C=N–C) groups is 1. The van der Waals surface area contributed by atoms with Crippen LogP contribution in [0.5, 0.6) is 0 Å². The number of nitrogens with one attached hydrogen (secondary N) is 1. The maximum Gasteiger partial charge on any atom is 0.131 e. The SMILES string of the molecule is Cc1[nH]n(Cc2ccccc2)c(=S)c1C=NCCO. The second kappa shape index (κ2) is 6.45. The Balaban J connectivity index is 2.24. The number of H-pyrrole nitrogens is 1. The van der Waals surface area contributed by atoms with Gasteiger partial charge in [0.05, 0.1) is 19.7 Å². The summed E-state index contributed by atoms with van der Waals surface area (Å²) >= 11 is 5.44. The van der Waals surface area contributed by atoms with Gasteiger partial charge in [0.25, 0.3) is 0 Å². The van der Waals surface area contributed by atoms with Crippen molar-refractivity contribution in [1.82, 2.24) is 9.78 Å². The number of benzene rings is 1. The lowest BCUT2D eigenvalue weighted by atomic mass is 10.2. The summed E-state index contributed by atoms with van der Waals surface area (Å²) in [4.78, 5) is 4.13. The molecule has 0 saturated heterocycles. The number of nitrogens with zero attached hydrogens (tertiary/aromatic N) is 2. The van der Waals surface area contributed by atoms with E-state index < -0.39 is 0 Å². The van der Waals surface area contributed by atoms with Crippen molar-refractivity contribution in [2.24, 2.45) is 4.99 Å². The summed E-state index contributed by atoms with van der Waals surface area (Å²) in [5, 5.41) is 12.0. The maximum atomic E-state index is 8.73. The molecule has 0 radical (unpaired) electrons. The van der Waals surface area contributed by atoms with Crippen molar-refractivity contribution < 1.29 is 5.11 Å². The minimum atomic E-state index is 0.0523. The lowest BCUT2D eigenvalue weighted by Crippen LogP contribution is -2.01. The molecule has 0 spiro atoms. The number of rotatable bonds is 5. The third-order valence-corrected chi connectivity index (χ3v) is 3.26. The Morgan fingerprint density at radius 3 is 2.79 bits per heavy atom. The molecule has 2 N–H and O–H groups in total. The van der Waals surface area contributed by atoms with Crippen molar-refractivity contribution >= 4 is 18.4 Å². The average Bonchev–Trinajstić information content (AvgIpc) is 2.68. The summed E-state index contributed by atoms with van der Waals surface area (Å²) in [7, 11) is 0. The first-order valence-corrected chi connectivity index (χ1v) is 6.57. The van der Waals surface area contributed by atoms with Gasteiger partial charge >= 0.3 is 0 Å². The molecular formula is C14H17N3OS. The standard InChI is InChI=1S/C14H17N3OS/c1-11-13(9-15-7-8-18)14(19)17(16-11)10-12-5-3-2-4-6-12/h2-6,9,16,18H,7-8,10H2,1H3. The van der Waals surface area contributed by atoms with Crippen LogP contribution in [0.4, 0.5) is 0 Å². The highest BCUT2D eigenvalue weighted by atomic mass is 32.1. The predicted octanol–water partition coefficient (Wildman–Crippen LogP) is 2.31. The van der Waals surface area contributed by atoms with Gasteiger partial charge in [0.2, 0.25) is 0 Å². The number of aryl methyl sites for hydroxylation is 1. The highest BCUT2D eigenvalue weighted by Gasteiger charge is 2.05. The molecule has 4 nitrogen and oxygen atoms in total. The molecule has 2 rings (SSSR count). The average molecular weight is 275 g/mol. The molecule has 5 heteroatoms. The van der Waals surface area contributed by atoms with Crippen LogP contribution in [0.15, 0.2) is 35.3 Å². The third-order valence-electron chi connectivity index (χ3n) is 2.82. The highest BCUT2D eigenvalue weighted by molar-refractivity contribution is 7.71. The van der Waals surface area contributed by atoms with Gasteiger partial charge in [-0.15, -0.1) is 0 Å². The smallest absolute Gasteiger partial charge is 0.131 e. The topological polar surface area (TPSA) is 53.3 Å². The molecule has 0 aliphatic heterocycles. The fourth-order valence-corrected chi connectivity index (χ4v) is 2.18. The van der Waals surface area contributed by atoms with E-state index >= 15 is 0 Å². The van der Waals surface area contributed by atoms with Crippen LogP contribution in [-0.2, 0) is 6.54 Å². The summed E-state index contributed by atoms with van der Waals surface area (Å²) in [6.45, 7) is 3.14. The molecule has 2 aromatic rings. The molecule has 1 heterocycles. The van der Waals surface area contributed by atoms with Crippen LogP contribution in [0.25, 0.3) is 0 Å². The molecule has 0 atom stereocenters. The molecule has 0 saturated carbocycles. The Bertz CT molecular complexity index is 613. The van der Waals surface area contributed by atoms with Gasteiger partial charge in [0.15, 0.2) is 0 Å². The van der Waals surface area contributed by atoms with E-state index in [1.165, 1.54) is 5.56 Å². The number of aromatic amines is 1. The summed E-state index contributed by atoms with van der Waals surface area (Å²) in [5.74, 6) is 0.